The zero-order chi connectivity index (χ0) is 14.4. The third-order valence-corrected chi connectivity index (χ3v) is 3.52. The molecule has 0 unspecified atom stereocenters. The van der Waals surface area contributed by atoms with Crippen LogP contribution in [0.15, 0.2) is 42.5 Å². The molecule has 20 heavy (non-hydrogen) atoms. The Labute approximate surface area is 120 Å². The van der Waals surface area contributed by atoms with Gasteiger partial charge in [0.1, 0.15) is 0 Å². The third-order valence-electron chi connectivity index (χ3n) is 3.52. The summed E-state index contributed by atoms with van der Waals surface area (Å²) in [5.41, 5.74) is 1.08. The van der Waals surface area contributed by atoms with Crippen LogP contribution in [0.5, 0.6) is 0 Å². The lowest BCUT2D eigenvalue weighted by molar-refractivity contribution is -0.129. The van der Waals surface area contributed by atoms with E-state index in [0.717, 1.165) is 25.1 Å². The van der Waals surface area contributed by atoms with E-state index in [1.807, 2.05) is 37.2 Å². The van der Waals surface area contributed by atoms with Crippen molar-refractivity contribution in [3.63, 3.8) is 0 Å². The van der Waals surface area contributed by atoms with Gasteiger partial charge >= 0.3 is 0 Å². The van der Waals surface area contributed by atoms with Crippen LogP contribution in [0, 0.1) is 0 Å². The quantitative estimate of drug-likeness (QED) is 0.818. The summed E-state index contributed by atoms with van der Waals surface area (Å²) in [6, 6.07) is 14.5. The number of rotatable bonds is 6. The Morgan fingerprint density at radius 1 is 1.15 bits per heavy atom. The summed E-state index contributed by atoms with van der Waals surface area (Å²) in [6.45, 7) is 1.74. The highest BCUT2D eigenvalue weighted by molar-refractivity contribution is 5.85. The maximum Gasteiger partial charge on any atom is 0.226 e. The van der Waals surface area contributed by atoms with Gasteiger partial charge in [-0.3, -0.25) is 4.79 Å². The first kappa shape index (κ1) is 14.5. The van der Waals surface area contributed by atoms with E-state index in [1.165, 1.54) is 10.8 Å². The second kappa shape index (κ2) is 7.06. The van der Waals surface area contributed by atoms with Gasteiger partial charge in [-0.25, -0.2) is 0 Å². The van der Waals surface area contributed by atoms with Gasteiger partial charge in [0.15, 0.2) is 0 Å². The standard InChI is InChI=1S/C17H22N2O/c1-18-10-5-11-19(2)17(20)13-14-8-9-15-6-3-4-7-16(15)12-14/h3-4,6-9,12,18H,5,10-11,13H2,1-2H3. The lowest BCUT2D eigenvalue weighted by atomic mass is 10.0. The Balaban J connectivity index is 1.98. The van der Waals surface area contributed by atoms with E-state index in [9.17, 15) is 4.79 Å². The summed E-state index contributed by atoms with van der Waals surface area (Å²) in [7, 11) is 3.80. The number of carbonyl (C=O) groups excluding carboxylic acids is 1. The van der Waals surface area contributed by atoms with Crippen LogP contribution in [0.25, 0.3) is 10.8 Å². The zero-order valence-electron chi connectivity index (χ0n) is 12.2. The molecule has 1 N–H and O–H groups in total. The number of hydrogen-bond donors (Lipinski definition) is 1. The molecule has 0 aliphatic carbocycles. The lowest BCUT2D eigenvalue weighted by Gasteiger charge is -2.17. The van der Waals surface area contributed by atoms with Crippen molar-refractivity contribution in [3.05, 3.63) is 48.0 Å². The molecule has 0 spiro atoms. The summed E-state index contributed by atoms with van der Waals surface area (Å²) in [5, 5.41) is 5.50. The summed E-state index contributed by atoms with van der Waals surface area (Å²) in [6.07, 6.45) is 1.46. The van der Waals surface area contributed by atoms with Gasteiger partial charge in [0, 0.05) is 13.6 Å². The fourth-order valence-corrected chi connectivity index (χ4v) is 2.28. The van der Waals surface area contributed by atoms with Crippen molar-refractivity contribution < 1.29 is 4.79 Å². The monoisotopic (exact) mass is 270 g/mol. The molecule has 1 amide bonds. The molecule has 2 rings (SSSR count). The summed E-state index contributed by atoms with van der Waals surface area (Å²) >= 11 is 0. The molecule has 106 valence electrons. The van der Waals surface area contributed by atoms with Crippen LogP contribution in [0.4, 0.5) is 0 Å². The predicted molar refractivity (Wildman–Crippen MR) is 83.8 cm³/mol. The maximum atomic E-state index is 12.1. The molecular formula is C17H22N2O. The van der Waals surface area contributed by atoms with E-state index in [4.69, 9.17) is 0 Å². The van der Waals surface area contributed by atoms with E-state index in [0.29, 0.717) is 6.42 Å². The second-order valence-corrected chi connectivity index (χ2v) is 5.13. The highest BCUT2D eigenvalue weighted by Gasteiger charge is 2.09. The highest BCUT2D eigenvalue weighted by Crippen LogP contribution is 2.16. The largest absolute Gasteiger partial charge is 0.345 e. The number of fused-ring (bicyclic) bond motifs is 1. The Kier molecular flexibility index (Phi) is 5.13. The molecular weight excluding hydrogens is 248 g/mol. The van der Waals surface area contributed by atoms with E-state index in [2.05, 4.69) is 29.6 Å². The van der Waals surface area contributed by atoms with Gasteiger partial charge < -0.3 is 10.2 Å². The van der Waals surface area contributed by atoms with Crippen molar-refractivity contribution in [2.45, 2.75) is 12.8 Å². The van der Waals surface area contributed by atoms with Crippen molar-refractivity contribution in [2.75, 3.05) is 27.2 Å². The van der Waals surface area contributed by atoms with Crippen LogP contribution < -0.4 is 5.32 Å². The minimum atomic E-state index is 0.177. The highest BCUT2D eigenvalue weighted by atomic mass is 16.2. The zero-order valence-corrected chi connectivity index (χ0v) is 12.2. The van der Waals surface area contributed by atoms with Crippen LogP contribution in [0.1, 0.15) is 12.0 Å². The molecule has 0 bridgehead atoms. The van der Waals surface area contributed by atoms with Gasteiger partial charge in [0.05, 0.1) is 6.42 Å². The molecule has 2 aromatic rings. The van der Waals surface area contributed by atoms with E-state index >= 15 is 0 Å². The fourth-order valence-electron chi connectivity index (χ4n) is 2.28. The molecule has 0 atom stereocenters. The van der Waals surface area contributed by atoms with E-state index in [-0.39, 0.29) is 5.91 Å². The average molecular weight is 270 g/mol. The van der Waals surface area contributed by atoms with Crippen LogP contribution >= 0.6 is 0 Å². The summed E-state index contributed by atoms with van der Waals surface area (Å²) < 4.78 is 0. The minimum absolute atomic E-state index is 0.177. The van der Waals surface area contributed by atoms with Crippen LogP contribution in [-0.4, -0.2) is 38.0 Å². The van der Waals surface area contributed by atoms with Crippen molar-refractivity contribution in [2.24, 2.45) is 0 Å². The third kappa shape index (κ3) is 3.81. The number of nitrogens with zero attached hydrogens (tertiary/aromatic N) is 1. The molecule has 0 fully saturated rings. The molecule has 0 aliphatic heterocycles. The number of nitrogens with one attached hydrogen (secondary N) is 1. The van der Waals surface area contributed by atoms with Gasteiger partial charge in [0.2, 0.25) is 5.91 Å². The topological polar surface area (TPSA) is 32.3 Å². The summed E-state index contributed by atoms with van der Waals surface area (Å²) in [5.74, 6) is 0.177. The predicted octanol–water partition coefficient (Wildman–Crippen LogP) is 2.45. The fraction of sp³-hybridized carbons (Fsp3) is 0.353. The van der Waals surface area contributed by atoms with Crippen LogP contribution in [0.3, 0.4) is 0 Å². The Bertz CT molecular complexity index is 580. The first-order valence-corrected chi connectivity index (χ1v) is 7.07. The molecule has 0 aliphatic rings. The van der Waals surface area contributed by atoms with Gasteiger partial charge in [-0.1, -0.05) is 42.5 Å². The minimum Gasteiger partial charge on any atom is -0.345 e. The first-order valence-electron chi connectivity index (χ1n) is 7.07. The number of likely N-dealkylation sites (N-methyl/N-ethyl adjacent to an activating group) is 1. The molecule has 2 aromatic carbocycles. The molecule has 0 saturated heterocycles. The smallest absolute Gasteiger partial charge is 0.226 e. The van der Waals surface area contributed by atoms with Gasteiger partial charge in [-0.05, 0) is 36.3 Å². The van der Waals surface area contributed by atoms with Gasteiger partial charge in [-0.2, -0.15) is 0 Å². The van der Waals surface area contributed by atoms with Crippen LogP contribution in [0.2, 0.25) is 0 Å². The molecule has 3 heteroatoms. The SMILES string of the molecule is CNCCCN(C)C(=O)Cc1ccc2ccccc2c1. The number of benzene rings is 2. The lowest BCUT2D eigenvalue weighted by Crippen LogP contribution is -2.30. The van der Waals surface area contributed by atoms with E-state index < -0.39 is 0 Å². The molecule has 0 saturated carbocycles. The second-order valence-electron chi connectivity index (χ2n) is 5.13. The number of amides is 1. The number of hydrogen-bond acceptors (Lipinski definition) is 2. The number of carbonyl (C=O) groups is 1. The first-order chi connectivity index (χ1) is 9.70. The summed E-state index contributed by atoms with van der Waals surface area (Å²) in [4.78, 5) is 14.0. The Morgan fingerprint density at radius 2 is 1.90 bits per heavy atom. The average Bonchev–Trinajstić information content (AvgIpc) is 2.47. The maximum absolute atomic E-state index is 12.1. The normalized spacial score (nSPS) is 10.7. The van der Waals surface area contributed by atoms with Crippen molar-refractivity contribution >= 4 is 16.7 Å². The molecule has 3 nitrogen and oxygen atoms in total. The van der Waals surface area contributed by atoms with Crippen molar-refractivity contribution in [1.82, 2.24) is 10.2 Å². The molecule has 0 radical (unpaired) electrons. The van der Waals surface area contributed by atoms with E-state index in [1.54, 1.807) is 0 Å². The van der Waals surface area contributed by atoms with Crippen molar-refractivity contribution in [1.29, 1.82) is 0 Å². The molecule has 0 aromatic heterocycles. The molecule has 0 heterocycles. The van der Waals surface area contributed by atoms with Crippen LogP contribution in [-0.2, 0) is 11.2 Å². The Hall–Kier alpha value is -1.87. The van der Waals surface area contributed by atoms with Gasteiger partial charge in [-0.15, -0.1) is 0 Å². The Morgan fingerprint density at radius 3 is 2.65 bits per heavy atom. The van der Waals surface area contributed by atoms with Crippen molar-refractivity contribution in [3.8, 4) is 0 Å². The van der Waals surface area contributed by atoms with Gasteiger partial charge in [0.25, 0.3) is 0 Å².